The first-order chi connectivity index (χ1) is 9.67. The Morgan fingerprint density at radius 2 is 2.05 bits per heavy atom. The Hall–Kier alpha value is -1.81. The molecule has 0 aliphatic heterocycles. The van der Waals surface area contributed by atoms with E-state index in [1.807, 2.05) is 31.3 Å². The summed E-state index contributed by atoms with van der Waals surface area (Å²) in [5.74, 6) is -0.289. The molecule has 0 fully saturated rings. The van der Waals surface area contributed by atoms with Gasteiger partial charge in [0.2, 0.25) is 0 Å². The fourth-order valence-electron chi connectivity index (χ4n) is 2.40. The number of hydrogen-bond donors (Lipinski definition) is 1. The van der Waals surface area contributed by atoms with E-state index in [4.69, 9.17) is 9.47 Å². The van der Waals surface area contributed by atoms with Crippen LogP contribution in [0.2, 0.25) is 0 Å². The molecule has 1 aromatic carbocycles. The summed E-state index contributed by atoms with van der Waals surface area (Å²) in [5.41, 5.74) is 3.40. The molecular formula is C16H21NO3. The van der Waals surface area contributed by atoms with Gasteiger partial charge in [-0.3, -0.25) is 0 Å². The van der Waals surface area contributed by atoms with Gasteiger partial charge in [-0.2, -0.15) is 0 Å². The number of rotatable bonds is 6. The molecular weight excluding hydrogens is 254 g/mol. The second kappa shape index (κ2) is 6.57. The highest BCUT2D eigenvalue weighted by Crippen LogP contribution is 2.22. The number of aromatic nitrogens is 1. The van der Waals surface area contributed by atoms with Crippen LogP contribution in [0, 0.1) is 6.92 Å². The number of fused-ring (bicyclic) bond motifs is 1. The van der Waals surface area contributed by atoms with E-state index in [1.165, 1.54) is 10.9 Å². The minimum absolute atomic E-state index is 0.289. The molecule has 20 heavy (non-hydrogen) atoms. The van der Waals surface area contributed by atoms with Gasteiger partial charge in [0, 0.05) is 30.1 Å². The summed E-state index contributed by atoms with van der Waals surface area (Å²) >= 11 is 0. The van der Waals surface area contributed by atoms with Crippen molar-refractivity contribution < 1.29 is 14.3 Å². The van der Waals surface area contributed by atoms with Crippen LogP contribution in [0.4, 0.5) is 0 Å². The maximum Gasteiger partial charge on any atom is 0.335 e. The van der Waals surface area contributed by atoms with Gasteiger partial charge in [0.25, 0.3) is 0 Å². The minimum Gasteiger partial charge on any atom is -0.464 e. The Bertz CT molecular complexity index is 588. The zero-order valence-corrected chi connectivity index (χ0v) is 12.2. The lowest BCUT2D eigenvalue weighted by atomic mass is 9.99. The van der Waals surface area contributed by atoms with Crippen LogP contribution in [0.15, 0.2) is 24.4 Å². The van der Waals surface area contributed by atoms with Crippen LogP contribution in [-0.4, -0.2) is 30.3 Å². The maximum absolute atomic E-state index is 11.9. The zero-order valence-electron chi connectivity index (χ0n) is 12.2. The second-order valence-electron chi connectivity index (χ2n) is 4.69. The lowest BCUT2D eigenvalue weighted by molar-refractivity contribution is -0.156. The summed E-state index contributed by atoms with van der Waals surface area (Å²) in [6, 6.07) is 6.12. The molecule has 1 atom stereocenters. The van der Waals surface area contributed by atoms with Crippen molar-refractivity contribution in [2.45, 2.75) is 33.3 Å². The number of esters is 1. The molecule has 1 N–H and O–H groups in total. The van der Waals surface area contributed by atoms with Crippen molar-refractivity contribution in [3.05, 3.63) is 35.5 Å². The first kappa shape index (κ1) is 14.6. The highest BCUT2D eigenvalue weighted by atomic mass is 16.6. The van der Waals surface area contributed by atoms with E-state index in [0.29, 0.717) is 19.6 Å². The summed E-state index contributed by atoms with van der Waals surface area (Å²) in [4.78, 5) is 15.1. The van der Waals surface area contributed by atoms with Gasteiger partial charge < -0.3 is 14.5 Å². The molecule has 0 saturated carbocycles. The van der Waals surface area contributed by atoms with E-state index in [-0.39, 0.29) is 5.97 Å². The van der Waals surface area contributed by atoms with Crippen molar-refractivity contribution in [2.24, 2.45) is 0 Å². The number of carbonyl (C=O) groups is 1. The van der Waals surface area contributed by atoms with E-state index >= 15 is 0 Å². The summed E-state index contributed by atoms with van der Waals surface area (Å²) in [5, 5.41) is 1.18. The molecule has 0 amide bonds. The van der Waals surface area contributed by atoms with Gasteiger partial charge in [-0.15, -0.1) is 0 Å². The minimum atomic E-state index is -0.532. The van der Waals surface area contributed by atoms with Crippen LogP contribution in [0.25, 0.3) is 10.9 Å². The predicted molar refractivity (Wildman–Crippen MR) is 78.8 cm³/mol. The molecule has 1 heterocycles. The lowest BCUT2D eigenvalue weighted by Gasteiger charge is -2.17. The molecule has 4 heteroatoms. The molecule has 2 aromatic rings. The smallest absolute Gasteiger partial charge is 0.335 e. The molecule has 0 saturated heterocycles. The highest BCUT2D eigenvalue weighted by Gasteiger charge is 2.21. The average Bonchev–Trinajstić information content (AvgIpc) is 2.90. The number of aryl methyl sites for hydroxylation is 1. The summed E-state index contributed by atoms with van der Waals surface area (Å²) in [6.07, 6.45) is 1.93. The number of hydrogen-bond acceptors (Lipinski definition) is 3. The Morgan fingerprint density at radius 1 is 1.25 bits per heavy atom. The molecule has 108 valence electrons. The summed E-state index contributed by atoms with van der Waals surface area (Å²) < 4.78 is 10.6. The monoisotopic (exact) mass is 275 g/mol. The van der Waals surface area contributed by atoms with Gasteiger partial charge in [-0.05, 0) is 44.0 Å². The number of H-pyrrole nitrogens is 1. The van der Waals surface area contributed by atoms with Gasteiger partial charge in [-0.25, -0.2) is 4.79 Å². The largest absolute Gasteiger partial charge is 0.464 e. The van der Waals surface area contributed by atoms with Crippen molar-refractivity contribution >= 4 is 16.9 Å². The second-order valence-corrected chi connectivity index (χ2v) is 4.69. The first-order valence-electron chi connectivity index (χ1n) is 7.01. The Morgan fingerprint density at radius 3 is 2.75 bits per heavy atom. The van der Waals surface area contributed by atoms with E-state index in [2.05, 4.69) is 11.9 Å². The van der Waals surface area contributed by atoms with Crippen LogP contribution in [-0.2, 0) is 20.7 Å². The Labute approximate surface area is 119 Å². The standard InChI is InChI=1S/C16H21NO3/c1-4-19-15(16(18)20-5-2)10-12-6-7-14-13(11(12)3)8-9-17-14/h6-9,15,17H,4-5,10H2,1-3H3. The number of aromatic amines is 1. The molecule has 0 spiro atoms. The molecule has 0 radical (unpaired) electrons. The molecule has 0 aliphatic carbocycles. The van der Waals surface area contributed by atoms with E-state index < -0.39 is 6.10 Å². The van der Waals surface area contributed by atoms with Gasteiger partial charge in [0.15, 0.2) is 6.10 Å². The highest BCUT2D eigenvalue weighted by molar-refractivity contribution is 5.84. The summed E-state index contributed by atoms with van der Waals surface area (Å²) in [7, 11) is 0. The van der Waals surface area contributed by atoms with Crippen LogP contribution in [0.1, 0.15) is 25.0 Å². The molecule has 0 bridgehead atoms. The predicted octanol–water partition coefficient (Wildman–Crippen LogP) is 2.99. The fraction of sp³-hybridized carbons (Fsp3) is 0.438. The lowest BCUT2D eigenvalue weighted by Crippen LogP contribution is -2.29. The third-order valence-corrected chi connectivity index (χ3v) is 3.44. The Kier molecular flexibility index (Phi) is 4.79. The van der Waals surface area contributed by atoms with E-state index in [1.54, 1.807) is 6.92 Å². The SMILES string of the molecule is CCOC(=O)C(Cc1ccc2[nH]ccc2c1C)OCC. The maximum atomic E-state index is 11.9. The van der Waals surface area contributed by atoms with Crippen LogP contribution >= 0.6 is 0 Å². The molecule has 4 nitrogen and oxygen atoms in total. The van der Waals surface area contributed by atoms with Crippen molar-refractivity contribution in [2.75, 3.05) is 13.2 Å². The fourth-order valence-corrected chi connectivity index (χ4v) is 2.40. The zero-order chi connectivity index (χ0) is 14.5. The van der Waals surface area contributed by atoms with Gasteiger partial charge >= 0.3 is 5.97 Å². The molecule has 1 unspecified atom stereocenters. The normalized spacial score (nSPS) is 12.6. The molecule has 0 aliphatic rings. The van der Waals surface area contributed by atoms with Crippen molar-refractivity contribution in [3.63, 3.8) is 0 Å². The van der Waals surface area contributed by atoms with Crippen LogP contribution in [0.3, 0.4) is 0 Å². The number of benzene rings is 1. The van der Waals surface area contributed by atoms with Gasteiger partial charge in [0.05, 0.1) is 6.61 Å². The first-order valence-corrected chi connectivity index (χ1v) is 7.01. The average molecular weight is 275 g/mol. The third kappa shape index (κ3) is 3.02. The van der Waals surface area contributed by atoms with Gasteiger partial charge in [0.1, 0.15) is 0 Å². The van der Waals surface area contributed by atoms with E-state index in [0.717, 1.165) is 11.1 Å². The van der Waals surface area contributed by atoms with Crippen LogP contribution < -0.4 is 0 Å². The number of carbonyl (C=O) groups excluding carboxylic acids is 1. The quantitative estimate of drug-likeness (QED) is 0.825. The topological polar surface area (TPSA) is 51.3 Å². The van der Waals surface area contributed by atoms with E-state index in [9.17, 15) is 4.79 Å². The van der Waals surface area contributed by atoms with Crippen molar-refractivity contribution in [3.8, 4) is 0 Å². The van der Waals surface area contributed by atoms with Crippen molar-refractivity contribution in [1.82, 2.24) is 4.98 Å². The third-order valence-electron chi connectivity index (χ3n) is 3.44. The van der Waals surface area contributed by atoms with Gasteiger partial charge in [-0.1, -0.05) is 6.07 Å². The number of nitrogens with one attached hydrogen (secondary N) is 1. The summed E-state index contributed by atoms with van der Waals surface area (Å²) in [6.45, 7) is 6.62. The molecule has 1 aromatic heterocycles. The van der Waals surface area contributed by atoms with Crippen LogP contribution in [0.5, 0.6) is 0 Å². The Balaban J connectivity index is 2.23. The molecule has 2 rings (SSSR count). The van der Waals surface area contributed by atoms with Crippen molar-refractivity contribution in [1.29, 1.82) is 0 Å². The number of ether oxygens (including phenoxy) is 2.